The van der Waals surface area contributed by atoms with Crippen molar-refractivity contribution in [1.82, 2.24) is 20.5 Å². The number of piperidine rings is 1. The van der Waals surface area contributed by atoms with Gasteiger partial charge >= 0.3 is 0 Å². The van der Waals surface area contributed by atoms with Gasteiger partial charge in [-0.3, -0.25) is 14.9 Å². The highest BCUT2D eigenvalue weighted by Gasteiger charge is 2.49. The second kappa shape index (κ2) is 10.4. The number of carbonyl (C=O) groups excluding carboxylic acids is 2. The summed E-state index contributed by atoms with van der Waals surface area (Å²) < 4.78 is 0. The third-order valence-corrected chi connectivity index (χ3v) is 8.59. The van der Waals surface area contributed by atoms with E-state index in [1.807, 2.05) is 12.1 Å². The van der Waals surface area contributed by atoms with Crippen molar-refractivity contribution < 1.29 is 14.7 Å². The van der Waals surface area contributed by atoms with E-state index in [0.717, 1.165) is 49.4 Å². The van der Waals surface area contributed by atoms with Crippen molar-refractivity contribution >= 4 is 34.3 Å². The molecule has 192 valence electrons. The number of nitriles is 1. The minimum absolute atomic E-state index is 0.0119. The Bertz CT molecular complexity index is 1170. The first-order valence-electron chi connectivity index (χ1n) is 13.1. The van der Waals surface area contributed by atoms with Crippen molar-refractivity contribution in [2.75, 3.05) is 13.1 Å². The van der Waals surface area contributed by atoms with Crippen LogP contribution in [0.25, 0.3) is 10.9 Å². The van der Waals surface area contributed by atoms with Crippen molar-refractivity contribution in [3.05, 3.63) is 35.0 Å². The van der Waals surface area contributed by atoms with E-state index < -0.39 is 18.3 Å². The van der Waals surface area contributed by atoms with Gasteiger partial charge < -0.3 is 20.3 Å². The van der Waals surface area contributed by atoms with Gasteiger partial charge in [0.1, 0.15) is 11.9 Å². The lowest BCUT2D eigenvalue weighted by Crippen LogP contribution is -2.52. The summed E-state index contributed by atoms with van der Waals surface area (Å²) in [4.78, 5) is 31.0. The fourth-order valence-corrected chi connectivity index (χ4v) is 6.63. The first-order chi connectivity index (χ1) is 17.4. The smallest absolute Gasteiger partial charge is 0.270 e. The molecule has 1 aliphatic carbocycles. The molecular formula is C27H34ClN5O3. The largest absolute Gasteiger partial charge is 0.376 e. The standard InChI is InChI=1S/C27H34ClN5O3/c28-19-7-6-17-12-22(32-21(17)13-19)26(36)33-16-27(8-2-1-3-9-27)14-23(33)25(35)31-20(15-29)11-18-5-4-10-30-24(18)34/h6-7,12-13,18,20,23,25,31-32,35H,1-5,8-11,14,16H2,(H,30,34). The van der Waals surface area contributed by atoms with Crippen LogP contribution in [0.15, 0.2) is 24.3 Å². The Kier molecular flexibility index (Phi) is 7.25. The van der Waals surface area contributed by atoms with E-state index in [0.29, 0.717) is 36.6 Å². The summed E-state index contributed by atoms with van der Waals surface area (Å²) in [5.41, 5.74) is 1.25. The van der Waals surface area contributed by atoms with Gasteiger partial charge in [-0.15, -0.1) is 0 Å². The molecule has 0 radical (unpaired) electrons. The number of benzene rings is 1. The van der Waals surface area contributed by atoms with E-state index >= 15 is 0 Å². The number of hydrogen-bond acceptors (Lipinski definition) is 5. The van der Waals surface area contributed by atoms with E-state index in [9.17, 15) is 20.0 Å². The number of likely N-dealkylation sites (tertiary alicyclic amines) is 1. The Morgan fingerprint density at radius 3 is 2.83 bits per heavy atom. The van der Waals surface area contributed by atoms with Crippen LogP contribution in [-0.4, -0.2) is 58.2 Å². The molecular weight excluding hydrogens is 478 g/mol. The van der Waals surface area contributed by atoms with Crippen LogP contribution in [0.5, 0.6) is 0 Å². The summed E-state index contributed by atoms with van der Waals surface area (Å²) in [5, 5.41) is 28.5. The summed E-state index contributed by atoms with van der Waals surface area (Å²) in [6.07, 6.45) is 7.12. The number of nitrogens with zero attached hydrogens (tertiary/aromatic N) is 2. The molecule has 3 heterocycles. The van der Waals surface area contributed by atoms with Gasteiger partial charge in [0.2, 0.25) is 5.91 Å². The topological polar surface area (TPSA) is 121 Å². The van der Waals surface area contributed by atoms with E-state index in [2.05, 4.69) is 21.7 Å². The molecule has 5 rings (SSSR count). The van der Waals surface area contributed by atoms with Gasteiger partial charge in [-0.2, -0.15) is 5.26 Å². The fraction of sp³-hybridized carbons (Fsp3) is 0.593. The van der Waals surface area contributed by atoms with Crippen LogP contribution in [-0.2, 0) is 4.79 Å². The lowest BCUT2D eigenvalue weighted by atomic mass is 9.72. The molecule has 0 bridgehead atoms. The predicted molar refractivity (Wildman–Crippen MR) is 137 cm³/mol. The van der Waals surface area contributed by atoms with Crippen molar-refractivity contribution in [3.8, 4) is 6.07 Å². The fourth-order valence-electron chi connectivity index (χ4n) is 6.45. The number of H-pyrrole nitrogens is 1. The summed E-state index contributed by atoms with van der Waals surface area (Å²) in [6, 6.07) is 8.39. The molecule has 2 aromatic rings. The van der Waals surface area contributed by atoms with Crippen molar-refractivity contribution in [2.24, 2.45) is 11.3 Å². The number of halogens is 1. The molecule has 4 unspecified atom stereocenters. The molecule has 4 atom stereocenters. The Balaban J connectivity index is 1.36. The van der Waals surface area contributed by atoms with Crippen molar-refractivity contribution in [3.63, 3.8) is 0 Å². The lowest BCUT2D eigenvalue weighted by Gasteiger charge is -2.33. The van der Waals surface area contributed by atoms with E-state index in [-0.39, 0.29) is 23.1 Å². The van der Waals surface area contributed by atoms with Gasteiger partial charge in [0.25, 0.3) is 5.91 Å². The zero-order valence-electron chi connectivity index (χ0n) is 20.4. The highest BCUT2D eigenvalue weighted by atomic mass is 35.5. The third kappa shape index (κ3) is 5.10. The van der Waals surface area contributed by atoms with E-state index in [1.54, 1.807) is 17.0 Å². The van der Waals surface area contributed by atoms with Crippen LogP contribution in [0.4, 0.5) is 0 Å². The van der Waals surface area contributed by atoms with Gasteiger partial charge in [0, 0.05) is 34.9 Å². The van der Waals surface area contributed by atoms with Crippen LogP contribution in [0.2, 0.25) is 5.02 Å². The molecule has 9 heteroatoms. The minimum Gasteiger partial charge on any atom is -0.376 e. The van der Waals surface area contributed by atoms with Crippen LogP contribution in [0.3, 0.4) is 0 Å². The maximum Gasteiger partial charge on any atom is 0.270 e. The maximum absolute atomic E-state index is 13.8. The SMILES string of the molecule is N#CC(CC1CCCNC1=O)NC(O)C1CC2(CCCCC2)CN1C(=O)c1cc2ccc(Cl)cc2[nH]1. The minimum atomic E-state index is -1.06. The number of hydrogen-bond donors (Lipinski definition) is 4. The zero-order valence-corrected chi connectivity index (χ0v) is 21.2. The number of aromatic nitrogens is 1. The van der Waals surface area contributed by atoms with Crippen LogP contribution in [0, 0.1) is 22.7 Å². The van der Waals surface area contributed by atoms with Gasteiger partial charge in [-0.05, 0) is 62.1 Å². The Hall–Kier alpha value is -2.60. The highest BCUT2D eigenvalue weighted by molar-refractivity contribution is 6.31. The Morgan fingerprint density at radius 1 is 1.28 bits per heavy atom. The molecule has 1 spiro atoms. The normalized spacial score (nSPS) is 25.5. The first-order valence-corrected chi connectivity index (χ1v) is 13.5. The molecule has 3 fully saturated rings. The molecule has 2 amide bonds. The molecule has 2 aliphatic heterocycles. The number of rotatable bonds is 6. The lowest BCUT2D eigenvalue weighted by molar-refractivity contribution is -0.127. The van der Waals surface area contributed by atoms with Crippen LogP contribution >= 0.6 is 11.6 Å². The molecule has 36 heavy (non-hydrogen) atoms. The van der Waals surface area contributed by atoms with E-state index in [1.165, 1.54) is 6.42 Å². The summed E-state index contributed by atoms with van der Waals surface area (Å²) in [6.45, 7) is 1.26. The quantitative estimate of drug-likeness (QED) is 0.440. The van der Waals surface area contributed by atoms with Crippen LogP contribution in [0.1, 0.15) is 68.3 Å². The molecule has 1 saturated carbocycles. The predicted octanol–water partition coefficient (Wildman–Crippen LogP) is 3.70. The molecule has 3 aliphatic rings. The molecule has 8 nitrogen and oxygen atoms in total. The summed E-state index contributed by atoms with van der Waals surface area (Å²) >= 11 is 6.13. The number of amides is 2. The zero-order chi connectivity index (χ0) is 25.3. The molecule has 1 aromatic carbocycles. The second-order valence-electron chi connectivity index (χ2n) is 10.8. The number of nitrogens with one attached hydrogen (secondary N) is 3. The average molecular weight is 512 g/mol. The summed E-state index contributed by atoms with van der Waals surface area (Å²) in [7, 11) is 0. The van der Waals surface area contributed by atoms with Gasteiger partial charge in [0.15, 0.2) is 0 Å². The number of aliphatic hydroxyl groups is 1. The number of aromatic amines is 1. The van der Waals surface area contributed by atoms with Crippen molar-refractivity contribution in [1.29, 1.82) is 5.26 Å². The van der Waals surface area contributed by atoms with E-state index in [4.69, 9.17) is 11.6 Å². The molecule has 1 aromatic heterocycles. The third-order valence-electron chi connectivity index (χ3n) is 8.35. The number of fused-ring (bicyclic) bond motifs is 1. The molecule has 2 saturated heterocycles. The van der Waals surface area contributed by atoms with Crippen molar-refractivity contribution in [2.45, 2.75) is 76.1 Å². The number of aliphatic hydroxyl groups excluding tert-OH is 1. The summed E-state index contributed by atoms with van der Waals surface area (Å²) in [5.74, 6) is -0.432. The van der Waals surface area contributed by atoms with Gasteiger partial charge in [-0.1, -0.05) is 36.9 Å². The monoisotopic (exact) mass is 511 g/mol. The van der Waals surface area contributed by atoms with Gasteiger partial charge in [-0.25, -0.2) is 0 Å². The Labute approximate surface area is 216 Å². The molecule has 4 N–H and O–H groups in total. The first kappa shape index (κ1) is 25.1. The maximum atomic E-state index is 13.8. The Morgan fingerprint density at radius 2 is 2.08 bits per heavy atom. The number of carbonyl (C=O) groups is 2. The van der Waals surface area contributed by atoms with Crippen LogP contribution < -0.4 is 10.6 Å². The second-order valence-corrected chi connectivity index (χ2v) is 11.3. The average Bonchev–Trinajstić information content (AvgIpc) is 3.46. The van der Waals surface area contributed by atoms with Gasteiger partial charge in [0.05, 0.1) is 18.2 Å². The highest BCUT2D eigenvalue weighted by Crippen LogP contribution is 2.47.